The lowest BCUT2D eigenvalue weighted by Gasteiger charge is -2.31. The summed E-state index contributed by atoms with van der Waals surface area (Å²) in [4.78, 5) is 18.0. The molecule has 0 bridgehead atoms. The van der Waals surface area contributed by atoms with Crippen LogP contribution >= 0.6 is 0 Å². The van der Waals surface area contributed by atoms with Crippen molar-refractivity contribution in [3.63, 3.8) is 0 Å². The minimum absolute atomic E-state index is 0.110. The van der Waals surface area contributed by atoms with Gasteiger partial charge in [-0.25, -0.2) is 4.79 Å². The fraction of sp³-hybridized carbons (Fsp3) is 0.846. The second-order valence-electron chi connectivity index (χ2n) is 6.29. The number of nitrogens with zero attached hydrogens (tertiary/aromatic N) is 2. The molecule has 6 nitrogen and oxygen atoms in total. The summed E-state index contributed by atoms with van der Waals surface area (Å²) in [5.74, 6) is 0.767. The summed E-state index contributed by atoms with van der Waals surface area (Å²) < 4.78 is 5.35. The van der Waals surface area contributed by atoms with E-state index in [0.717, 1.165) is 18.7 Å². The Morgan fingerprint density at radius 3 is 2.74 bits per heavy atom. The van der Waals surface area contributed by atoms with Crippen molar-refractivity contribution in [3.8, 4) is 0 Å². The molecule has 2 rings (SSSR count). The number of ether oxygens (including phenoxy) is 1. The van der Waals surface area contributed by atoms with Gasteiger partial charge >= 0.3 is 6.09 Å². The standard InChI is InChI=1S/C13H23N3O3/c1-12(2,3)19-11(18)16-7-6-14-10(8-16)15-13(9-17)4-5-13/h17H,4-9H2,1-3H3,(H,14,15). The number of carbonyl (C=O) groups is 1. The number of amidine groups is 1. The van der Waals surface area contributed by atoms with Gasteiger partial charge in [0, 0.05) is 6.54 Å². The number of hydrogen-bond donors (Lipinski definition) is 2. The van der Waals surface area contributed by atoms with Crippen molar-refractivity contribution in [2.24, 2.45) is 4.99 Å². The molecule has 0 aromatic rings. The zero-order valence-corrected chi connectivity index (χ0v) is 11.9. The maximum Gasteiger partial charge on any atom is 0.410 e. The van der Waals surface area contributed by atoms with Crippen LogP contribution in [0.15, 0.2) is 4.99 Å². The number of aliphatic hydroxyl groups is 1. The van der Waals surface area contributed by atoms with Crippen LogP contribution in [-0.2, 0) is 4.74 Å². The Balaban J connectivity index is 1.89. The quantitative estimate of drug-likeness (QED) is 0.776. The van der Waals surface area contributed by atoms with E-state index in [1.807, 2.05) is 20.8 Å². The highest BCUT2D eigenvalue weighted by molar-refractivity contribution is 5.88. The van der Waals surface area contributed by atoms with Crippen LogP contribution < -0.4 is 5.32 Å². The van der Waals surface area contributed by atoms with Crippen LogP contribution in [0.5, 0.6) is 0 Å². The fourth-order valence-electron chi connectivity index (χ4n) is 1.96. The van der Waals surface area contributed by atoms with Gasteiger partial charge in [-0.3, -0.25) is 9.89 Å². The van der Waals surface area contributed by atoms with Crippen molar-refractivity contribution in [1.82, 2.24) is 10.2 Å². The van der Waals surface area contributed by atoms with Gasteiger partial charge < -0.3 is 15.2 Å². The highest BCUT2D eigenvalue weighted by atomic mass is 16.6. The molecular weight excluding hydrogens is 246 g/mol. The molecular formula is C13H23N3O3. The number of aliphatic imine (C=N–C) groups is 1. The Hall–Kier alpha value is -1.30. The second kappa shape index (κ2) is 5.00. The van der Waals surface area contributed by atoms with Crippen LogP contribution in [0.25, 0.3) is 0 Å². The zero-order valence-electron chi connectivity index (χ0n) is 11.9. The summed E-state index contributed by atoms with van der Waals surface area (Å²) in [6, 6.07) is 0. The molecule has 0 saturated heterocycles. The number of hydrogen-bond acceptors (Lipinski definition) is 5. The predicted octanol–water partition coefficient (Wildman–Crippen LogP) is 0.750. The van der Waals surface area contributed by atoms with Crippen LogP contribution in [-0.4, -0.2) is 59.3 Å². The maximum absolute atomic E-state index is 12.0. The topological polar surface area (TPSA) is 74.2 Å². The molecule has 1 amide bonds. The number of nitrogens with one attached hydrogen (secondary N) is 1. The normalized spacial score (nSPS) is 21.7. The van der Waals surface area contributed by atoms with E-state index in [1.54, 1.807) is 4.90 Å². The van der Waals surface area contributed by atoms with Gasteiger partial charge in [0.15, 0.2) is 0 Å². The summed E-state index contributed by atoms with van der Waals surface area (Å²) >= 11 is 0. The highest BCUT2D eigenvalue weighted by Crippen LogP contribution is 2.34. The molecule has 0 aromatic carbocycles. The van der Waals surface area contributed by atoms with Gasteiger partial charge in [0.1, 0.15) is 11.4 Å². The van der Waals surface area contributed by atoms with Gasteiger partial charge in [0.25, 0.3) is 0 Å². The molecule has 0 spiro atoms. The number of amides is 1. The lowest BCUT2D eigenvalue weighted by Crippen LogP contribution is -2.50. The summed E-state index contributed by atoms with van der Waals surface area (Å²) in [7, 11) is 0. The van der Waals surface area contributed by atoms with Crippen LogP contribution in [0, 0.1) is 0 Å². The average Bonchev–Trinajstić information content (AvgIpc) is 3.08. The van der Waals surface area contributed by atoms with Crippen molar-refractivity contribution >= 4 is 11.9 Å². The van der Waals surface area contributed by atoms with E-state index in [9.17, 15) is 9.90 Å². The molecule has 1 fully saturated rings. The average molecular weight is 269 g/mol. The van der Waals surface area contributed by atoms with Crippen molar-refractivity contribution in [1.29, 1.82) is 0 Å². The summed E-state index contributed by atoms with van der Waals surface area (Å²) in [6.45, 7) is 7.25. The van der Waals surface area contributed by atoms with Crippen LogP contribution in [0.2, 0.25) is 0 Å². The third-order valence-electron chi connectivity index (χ3n) is 3.23. The van der Waals surface area contributed by atoms with E-state index >= 15 is 0 Å². The Kier molecular flexibility index (Phi) is 3.71. The Morgan fingerprint density at radius 2 is 2.21 bits per heavy atom. The maximum atomic E-state index is 12.0. The molecule has 19 heavy (non-hydrogen) atoms. The van der Waals surface area contributed by atoms with Crippen molar-refractivity contribution in [3.05, 3.63) is 0 Å². The molecule has 1 saturated carbocycles. The molecule has 108 valence electrons. The Bertz CT molecular complexity index is 383. The lowest BCUT2D eigenvalue weighted by atomic mass is 10.2. The van der Waals surface area contributed by atoms with E-state index < -0.39 is 5.60 Å². The first-order chi connectivity index (χ1) is 8.84. The van der Waals surface area contributed by atoms with E-state index in [-0.39, 0.29) is 18.2 Å². The molecule has 1 heterocycles. The fourth-order valence-corrected chi connectivity index (χ4v) is 1.96. The zero-order chi connectivity index (χ0) is 14.1. The second-order valence-corrected chi connectivity index (χ2v) is 6.29. The van der Waals surface area contributed by atoms with E-state index in [2.05, 4.69) is 10.3 Å². The van der Waals surface area contributed by atoms with Crippen LogP contribution in [0.1, 0.15) is 33.6 Å². The monoisotopic (exact) mass is 269 g/mol. The van der Waals surface area contributed by atoms with E-state index in [1.165, 1.54) is 0 Å². The van der Waals surface area contributed by atoms with Crippen LogP contribution in [0.3, 0.4) is 0 Å². The van der Waals surface area contributed by atoms with Gasteiger partial charge in [-0.2, -0.15) is 0 Å². The van der Waals surface area contributed by atoms with Crippen molar-refractivity contribution in [2.45, 2.75) is 44.8 Å². The number of aliphatic hydroxyl groups excluding tert-OH is 1. The summed E-state index contributed by atoms with van der Waals surface area (Å²) in [6.07, 6.45) is 1.60. The SMILES string of the molecule is CC(C)(C)OC(=O)N1CCN=C(NC2(CO)CC2)C1. The van der Waals surface area contributed by atoms with Gasteiger partial charge in [0.05, 0.1) is 25.2 Å². The van der Waals surface area contributed by atoms with Gasteiger partial charge in [-0.1, -0.05) is 0 Å². The Labute approximate surface area is 113 Å². The van der Waals surface area contributed by atoms with E-state index in [0.29, 0.717) is 19.6 Å². The molecule has 0 unspecified atom stereocenters. The predicted molar refractivity (Wildman–Crippen MR) is 72.3 cm³/mol. The molecule has 0 atom stereocenters. The third kappa shape index (κ3) is 3.83. The van der Waals surface area contributed by atoms with Crippen LogP contribution in [0.4, 0.5) is 4.79 Å². The summed E-state index contributed by atoms with van der Waals surface area (Å²) in [5, 5.41) is 12.5. The third-order valence-corrected chi connectivity index (χ3v) is 3.23. The lowest BCUT2D eigenvalue weighted by molar-refractivity contribution is 0.0275. The first kappa shape index (κ1) is 14.1. The molecule has 2 N–H and O–H groups in total. The largest absolute Gasteiger partial charge is 0.444 e. The van der Waals surface area contributed by atoms with Gasteiger partial charge in [0.2, 0.25) is 0 Å². The number of rotatable bonds is 2. The number of carbonyl (C=O) groups excluding carboxylic acids is 1. The van der Waals surface area contributed by atoms with Crippen molar-refractivity contribution < 1.29 is 14.6 Å². The molecule has 0 aromatic heterocycles. The van der Waals surface area contributed by atoms with Gasteiger partial charge in [-0.05, 0) is 33.6 Å². The minimum Gasteiger partial charge on any atom is -0.444 e. The molecule has 0 radical (unpaired) electrons. The smallest absolute Gasteiger partial charge is 0.410 e. The first-order valence-electron chi connectivity index (χ1n) is 6.74. The summed E-state index contributed by atoms with van der Waals surface area (Å²) in [5.41, 5.74) is -0.683. The molecule has 2 aliphatic rings. The van der Waals surface area contributed by atoms with Gasteiger partial charge in [-0.15, -0.1) is 0 Å². The molecule has 1 aliphatic heterocycles. The minimum atomic E-state index is -0.484. The van der Waals surface area contributed by atoms with E-state index in [4.69, 9.17) is 4.74 Å². The van der Waals surface area contributed by atoms with Crippen molar-refractivity contribution in [2.75, 3.05) is 26.2 Å². The Morgan fingerprint density at radius 1 is 1.53 bits per heavy atom. The first-order valence-corrected chi connectivity index (χ1v) is 6.74. The molecule has 6 heteroatoms. The highest BCUT2D eigenvalue weighted by Gasteiger charge is 2.43. The molecule has 1 aliphatic carbocycles.